The number of carbonyl (C=O) groups is 2. The maximum absolute atomic E-state index is 12.7. The minimum atomic E-state index is -4.39. The zero-order valence-corrected chi connectivity index (χ0v) is 47.5. The molecule has 0 bridgehead atoms. The number of carbonyl (C=O) groups excluding carboxylic acids is 2. The molecule has 0 amide bonds. The highest BCUT2D eigenvalue weighted by atomic mass is 31.2. The molecular weight excluding hydrogens is 930 g/mol. The highest BCUT2D eigenvalue weighted by Crippen LogP contribution is 2.43. The third kappa shape index (κ3) is 57.8. The number of esters is 2. The predicted octanol–water partition coefficient (Wildman–Crippen LogP) is 18.6. The molecule has 0 aliphatic carbocycles. The van der Waals surface area contributed by atoms with E-state index in [0.717, 1.165) is 103 Å². The highest BCUT2D eigenvalue weighted by Gasteiger charge is 2.26. The molecule has 2 atom stereocenters. The molecule has 0 fully saturated rings. The number of hydrogen-bond acceptors (Lipinski definition) is 8. The zero-order chi connectivity index (χ0) is 53.1. The van der Waals surface area contributed by atoms with Crippen molar-refractivity contribution in [2.24, 2.45) is 5.73 Å². The van der Waals surface area contributed by atoms with E-state index in [2.05, 4.69) is 123 Å². The second kappa shape index (κ2) is 57.9. The van der Waals surface area contributed by atoms with Gasteiger partial charge in [0.15, 0.2) is 6.10 Å². The summed E-state index contributed by atoms with van der Waals surface area (Å²) in [5.74, 6) is -0.834. The van der Waals surface area contributed by atoms with Crippen molar-refractivity contribution in [3.8, 4) is 0 Å². The highest BCUT2D eigenvalue weighted by molar-refractivity contribution is 7.47. The molecule has 0 saturated carbocycles. The lowest BCUT2D eigenvalue weighted by Gasteiger charge is -2.19. The van der Waals surface area contributed by atoms with Gasteiger partial charge in [-0.3, -0.25) is 18.6 Å². The van der Waals surface area contributed by atoms with Crippen molar-refractivity contribution in [1.29, 1.82) is 0 Å². The summed E-state index contributed by atoms with van der Waals surface area (Å²) in [5.41, 5.74) is 5.38. The molecule has 0 saturated heterocycles. The fraction of sp³-hybridized carbons (Fsp3) is 0.683. The van der Waals surface area contributed by atoms with Crippen molar-refractivity contribution in [3.05, 3.63) is 109 Å². The van der Waals surface area contributed by atoms with Crippen LogP contribution in [0.5, 0.6) is 0 Å². The molecular formula is C63H108NO8P. The number of unbranched alkanes of at least 4 members (excludes halogenated alkanes) is 23. The standard InChI is InChI=1S/C63H108NO8P/c1-3-5-7-9-11-13-15-17-19-20-21-22-23-24-25-26-27-28-29-30-31-32-33-34-35-36-37-38-39-40-42-44-46-48-50-52-54-56-63(66)72-61(60-71-73(67,68)70-58-57-64)59-69-62(65)55-53-51-49-47-45-43-41-18-16-14-12-10-8-6-4-2/h5,7,11,13,17,19,21-22,24-25,27-28,30-31,33-34,36-37,61H,3-4,6,8-10,12,14-16,18,20,23,26,29,32,35,38-60,64H2,1-2H3,(H,67,68)/b7-5-,13-11-,19-17-,22-21-,25-24-,28-27-,31-30-,34-33-,37-36-. The van der Waals surface area contributed by atoms with E-state index in [4.69, 9.17) is 24.3 Å². The maximum Gasteiger partial charge on any atom is 0.472 e. The molecule has 10 heteroatoms. The third-order valence-electron chi connectivity index (χ3n) is 12.2. The number of rotatable bonds is 54. The molecule has 2 unspecified atom stereocenters. The van der Waals surface area contributed by atoms with Crippen LogP contribution in [0.15, 0.2) is 109 Å². The van der Waals surface area contributed by atoms with Crippen molar-refractivity contribution >= 4 is 19.8 Å². The first-order valence-corrected chi connectivity index (χ1v) is 30.9. The summed E-state index contributed by atoms with van der Waals surface area (Å²) in [7, 11) is -4.39. The van der Waals surface area contributed by atoms with Gasteiger partial charge in [-0.2, -0.15) is 0 Å². The number of nitrogens with two attached hydrogens (primary N) is 1. The lowest BCUT2D eigenvalue weighted by atomic mass is 10.0. The second-order valence-electron chi connectivity index (χ2n) is 19.1. The molecule has 0 aromatic carbocycles. The van der Waals surface area contributed by atoms with Gasteiger partial charge in [0.05, 0.1) is 13.2 Å². The first-order valence-electron chi connectivity index (χ1n) is 29.4. The van der Waals surface area contributed by atoms with E-state index in [0.29, 0.717) is 6.42 Å². The van der Waals surface area contributed by atoms with Gasteiger partial charge in [-0.15, -0.1) is 0 Å². The van der Waals surface area contributed by atoms with Gasteiger partial charge in [0, 0.05) is 19.4 Å². The van der Waals surface area contributed by atoms with E-state index in [1.165, 1.54) is 109 Å². The molecule has 0 aliphatic heterocycles. The largest absolute Gasteiger partial charge is 0.472 e. The smallest absolute Gasteiger partial charge is 0.462 e. The molecule has 0 heterocycles. The Morgan fingerprint density at radius 1 is 0.425 bits per heavy atom. The van der Waals surface area contributed by atoms with Crippen LogP contribution in [0.3, 0.4) is 0 Å². The molecule has 0 spiro atoms. The van der Waals surface area contributed by atoms with Crippen LogP contribution < -0.4 is 5.73 Å². The van der Waals surface area contributed by atoms with Gasteiger partial charge in [-0.25, -0.2) is 4.57 Å². The molecule has 0 rings (SSSR count). The van der Waals surface area contributed by atoms with Crippen molar-refractivity contribution < 1.29 is 37.6 Å². The normalized spacial score (nSPS) is 13.9. The summed E-state index contributed by atoms with van der Waals surface area (Å²) in [5, 5.41) is 0. The van der Waals surface area contributed by atoms with Gasteiger partial charge in [-0.05, 0) is 83.5 Å². The monoisotopic (exact) mass is 1040 g/mol. The predicted molar refractivity (Wildman–Crippen MR) is 311 cm³/mol. The van der Waals surface area contributed by atoms with Crippen LogP contribution in [0.25, 0.3) is 0 Å². The SMILES string of the molecule is CC/C=C\C/C=C\C/C=C\C/C=C\C/C=C\C/C=C\C/C=C\C/C=C\C/C=C\CCCCCCCCCCCC(=O)OC(COC(=O)CCCCCCCCCCCCCCCCC)COP(=O)(O)OCCN. The lowest BCUT2D eigenvalue weighted by molar-refractivity contribution is -0.161. The summed E-state index contributed by atoms with van der Waals surface area (Å²) >= 11 is 0. The van der Waals surface area contributed by atoms with Crippen LogP contribution in [-0.2, 0) is 32.7 Å². The van der Waals surface area contributed by atoms with Crippen LogP contribution in [0, 0.1) is 0 Å². The number of hydrogen-bond donors (Lipinski definition) is 2. The topological polar surface area (TPSA) is 134 Å². The first-order chi connectivity index (χ1) is 35.8. The van der Waals surface area contributed by atoms with Crippen LogP contribution in [-0.4, -0.2) is 49.3 Å². The summed E-state index contributed by atoms with van der Waals surface area (Å²) in [6, 6.07) is 0. The van der Waals surface area contributed by atoms with Crippen LogP contribution in [0.1, 0.15) is 245 Å². The molecule has 418 valence electrons. The van der Waals surface area contributed by atoms with E-state index in [-0.39, 0.29) is 38.6 Å². The molecule has 0 aliphatic rings. The van der Waals surface area contributed by atoms with E-state index >= 15 is 0 Å². The third-order valence-corrected chi connectivity index (χ3v) is 13.2. The quantitative estimate of drug-likeness (QED) is 0.0264. The Morgan fingerprint density at radius 3 is 1.12 bits per heavy atom. The maximum atomic E-state index is 12.7. The van der Waals surface area contributed by atoms with E-state index < -0.39 is 26.5 Å². The van der Waals surface area contributed by atoms with Crippen molar-refractivity contribution in [2.75, 3.05) is 26.4 Å². The van der Waals surface area contributed by atoms with E-state index in [1.54, 1.807) is 0 Å². The molecule has 73 heavy (non-hydrogen) atoms. The lowest BCUT2D eigenvalue weighted by Crippen LogP contribution is -2.29. The van der Waals surface area contributed by atoms with Crippen molar-refractivity contribution in [3.63, 3.8) is 0 Å². The number of ether oxygens (including phenoxy) is 2. The Balaban J connectivity index is 3.98. The van der Waals surface area contributed by atoms with Gasteiger partial charge in [0.2, 0.25) is 0 Å². The van der Waals surface area contributed by atoms with Gasteiger partial charge >= 0.3 is 19.8 Å². The van der Waals surface area contributed by atoms with E-state index in [9.17, 15) is 19.0 Å². The van der Waals surface area contributed by atoms with E-state index in [1.807, 2.05) is 0 Å². The average Bonchev–Trinajstić information content (AvgIpc) is 3.38. The van der Waals surface area contributed by atoms with Crippen LogP contribution in [0.4, 0.5) is 0 Å². The zero-order valence-electron chi connectivity index (χ0n) is 46.6. The van der Waals surface area contributed by atoms with Gasteiger partial charge in [0.25, 0.3) is 0 Å². The first kappa shape index (κ1) is 69.7. The number of allylic oxidation sites excluding steroid dienone is 18. The van der Waals surface area contributed by atoms with Crippen LogP contribution in [0.2, 0.25) is 0 Å². The fourth-order valence-corrected chi connectivity index (χ4v) is 8.63. The molecule has 3 N–H and O–H groups in total. The summed E-state index contributed by atoms with van der Waals surface area (Å²) in [4.78, 5) is 35.1. The average molecular weight is 1040 g/mol. The Labute approximate surface area is 448 Å². The molecule has 9 nitrogen and oxygen atoms in total. The van der Waals surface area contributed by atoms with Gasteiger partial charge in [-0.1, -0.05) is 258 Å². The Morgan fingerprint density at radius 2 is 0.753 bits per heavy atom. The Bertz CT molecular complexity index is 1560. The van der Waals surface area contributed by atoms with Gasteiger partial charge in [0.1, 0.15) is 6.61 Å². The Hall–Kier alpha value is -3.33. The minimum absolute atomic E-state index is 0.0490. The van der Waals surface area contributed by atoms with Crippen molar-refractivity contribution in [1.82, 2.24) is 0 Å². The summed E-state index contributed by atoms with van der Waals surface area (Å²) in [6.45, 7) is 3.63. The van der Waals surface area contributed by atoms with Gasteiger partial charge < -0.3 is 20.1 Å². The number of phosphoric ester groups is 1. The molecule has 0 aromatic rings. The Kier molecular flexibility index (Phi) is 55.3. The van der Waals surface area contributed by atoms with Crippen molar-refractivity contribution in [2.45, 2.75) is 251 Å². The summed E-state index contributed by atoms with van der Waals surface area (Å²) < 4.78 is 33.0. The molecule has 0 radical (unpaired) electrons. The fourth-order valence-electron chi connectivity index (χ4n) is 7.86. The summed E-state index contributed by atoms with van der Waals surface area (Å²) in [6.07, 6.45) is 78.6. The minimum Gasteiger partial charge on any atom is -0.462 e. The number of phosphoric acid groups is 1. The van der Waals surface area contributed by atoms with Crippen LogP contribution >= 0.6 is 7.82 Å². The second-order valence-corrected chi connectivity index (χ2v) is 20.6. The molecule has 0 aromatic heterocycles.